The number of benzene rings is 1. The Balaban J connectivity index is 2.66. The number of nitro benzene ring substituents is 1. The average Bonchev–Trinajstić information content (AvgIpc) is 2.37. The van der Waals surface area contributed by atoms with Crippen molar-refractivity contribution < 1.29 is 19.2 Å². The van der Waals surface area contributed by atoms with Crippen molar-refractivity contribution in [3.8, 4) is 0 Å². The number of nitrogens with zero attached hydrogens (tertiary/aromatic N) is 1. The molecule has 6 nitrogen and oxygen atoms in total. The molecule has 0 bridgehead atoms. The van der Waals surface area contributed by atoms with Crippen molar-refractivity contribution in [2.24, 2.45) is 5.92 Å². The molecule has 0 saturated heterocycles. The predicted octanol–water partition coefficient (Wildman–Crippen LogP) is 3.30. The van der Waals surface area contributed by atoms with Gasteiger partial charge in [0.25, 0.3) is 5.69 Å². The summed E-state index contributed by atoms with van der Waals surface area (Å²) >= 11 is 5.50. The van der Waals surface area contributed by atoms with Gasteiger partial charge in [0.2, 0.25) is 0 Å². The molecule has 0 aromatic heterocycles. The molecule has 0 radical (unpaired) electrons. The highest BCUT2D eigenvalue weighted by molar-refractivity contribution is 6.31. The first kappa shape index (κ1) is 16.2. The summed E-state index contributed by atoms with van der Waals surface area (Å²) in [5.74, 6) is -2.14. The Morgan fingerprint density at radius 3 is 2.80 bits per heavy atom. The van der Waals surface area contributed by atoms with E-state index in [1.54, 1.807) is 6.92 Å². The Labute approximate surface area is 119 Å². The largest absolute Gasteiger partial charge is 0.481 e. The number of nitro groups is 1. The zero-order valence-corrected chi connectivity index (χ0v) is 11.5. The fraction of sp³-hybridized carbons (Fsp3) is 0.417. The van der Waals surface area contributed by atoms with Crippen LogP contribution in [0.4, 0.5) is 15.8 Å². The molecule has 0 fully saturated rings. The van der Waals surface area contributed by atoms with E-state index in [1.807, 2.05) is 0 Å². The second-order valence-corrected chi connectivity index (χ2v) is 4.76. The minimum atomic E-state index is -0.895. The fourth-order valence-corrected chi connectivity index (χ4v) is 1.74. The Hall–Kier alpha value is -1.89. The van der Waals surface area contributed by atoms with Gasteiger partial charge in [0.05, 0.1) is 15.9 Å². The second kappa shape index (κ2) is 7.04. The number of hydrogen-bond donors (Lipinski definition) is 2. The normalized spacial score (nSPS) is 11.9. The Kier molecular flexibility index (Phi) is 5.69. The highest BCUT2D eigenvalue weighted by Crippen LogP contribution is 2.30. The summed E-state index contributed by atoms with van der Waals surface area (Å²) in [5, 5.41) is 21.9. The van der Waals surface area contributed by atoms with Crippen LogP contribution in [-0.2, 0) is 4.79 Å². The number of carboxylic acid groups (broad SMARTS) is 1. The van der Waals surface area contributed by atoms with Gasteiger partial charge >= 0.3 is 5.97 Å². The van der Waals surface area contributed by atoms with E-state index in [4.69, 9.17) is 16.7 Å². The number of hydrogen-bond acceptors (Lipinski definition) is 4. The molecule has 0 amide bonds. The lowest BCUT2D eigenvalue weighted by molar-refractivity contribution is -0.384. The third-order valence-corrected chi connectivity index (χ3v) is 3.08. The number of anilines is 1. The van der Waals surface area contributed by atoms with E-state index in [0.29, 0.717) is 19.4 Å². The SMILES string of the molecule is CC(CCCNc1cc(F)c(Cl)cc1[N+](=O)[O-])C(=O)O. The van der Waals surface area contributed by atoms with Crippen LogP contribution in [0.3, 0.4) is 0 Å². The summed E-state index contributed by atoms with van der Waals surface area (Å²) in [5.41, 5.74) is -0.289. The van der Waals surface area contributed by atoms with Gasteiger partial charge in [-0.05, 0) is 12.8 Å². The first-order chi connectivity index (χ1) is 9.32. The first-order valence-corrected chi connectivity index (χ1v) is 6.30. The summed E-state index contributed by atoms with van der Waals surface area (Å²) in [6, 6.07) is 1.90. The molecule has 0 aliphatic carbocycles. The van der Waals surface area contributed by atoms with Crippen molar-refractivity contribution >= 4 is 28.9 Å². The van der Waals surface area contributed by atoms with Crippen molar-refractivity contribution in [1.82, 2.24) is 0 Å². The quantitative estimate of drug-likeness (QED) is 0.458. The molecule has 110 valence electrons. The predicted molar refractivity (Wildman–Crippen MR) is 72.6 cm³/mol. The lowest BCUT2D eigenvalue weighted by atomic mass is 10.1. The Bertz CT molecular complexity index is 524. The number of nitrogens with one attached hydrogen (secondary N) is 1. The standard InChI is InChI=1S/C12H14ClFN2O4/c1-7(12(17)18)3-2-4-15-10-6-9(14)8(13)5-11(10)16(19)20/h5-7,15H,2-4H2,1H3,(H,17,18). The zero-order valence-electron chi connectivity index (χ0n) is 10.7. The van der Waals surface area contributed by atoms with E-state index in [9.17, 15) is 19.3 Å². The minimum Gasteiger partial charge on any atom is -0.481 e. The molecular formula is C12H14ClFN2O4. The van der Waals surface area contributed by atoms with Crippen LogP contribution in [0.15, 0.2) is 12.1 Å². The van der Waals surface area contributed by atoms with E-state index in [1.165, 1.54) is 0 Å². The second-order valence-electron chi connectivity index (χ2n) is 4.35. The van der Waals surface area contributed by atoms with E-state index >= 15 is 0 Å². The summed E-state index contributed by atoms with van der Waals surface area (Å²) in [6.07, 6.45) is 0.918. The highest BCUT2D eigenvalue weighted by Gasteiger charge is 2.17. The van der Waals surface area contributed by atoms with E-state index in [0.717, 1.165) is 12.1 Å². The van der Waals surface area contributed by atoms with Gasteiger partial charge in [-0.15, -0.1) is 0 Å². The Morgan fingerprint density at radius 1 is 1.60 bits per heavy atom. The summed E-state index contributed by atoms with van der Waals surface area (Å²) in [4.78, 5) is 20.8. The lowest BCUT2D eigenvalue weighted by Gasteiger charge is -2.09. The van der Waals surface area contributed by atoms with Crippen LogP contribution in [0, 0.1) is 21.8 Å². The molecule has 0 heterocycles. The third kappa shape index (κ3) is 4.34. The number of rotatable bonds is 7. The summed E-state index contributed by atoms with van der Waals surface area (Å²) in [7, 11) is 0. The van der Waals surface area contributed by atoms with E-state index in [-0.39, 0.29) is 16.4 Å². The molecular weight excluding hydrogens is 291 g/mol. The zero-order chi connectivity index (χ0) is 15.3. The molecule has 1 atom stereocenters. The smallest absolute Gasteiger partial charge is 0.306 e. The van der Waals surface area contributed by atoms with Crippen molar-refractivity contribution in [2.45, 2.75) is 19.8 Å². The van der Waals surface area contributed by atoms with Crippen LogP contribution < -0.4 is 5.32 Å². The van der Waals surface area contributed by atoms with Gasteiger partial charge in [0.1, 0.15) is 11.5 Å². The van der Waals surface area contributed by atoms with Crippen LogP contribution in [0.25, 0.3) is 0 Å². The van der Waals surface area contributed by atoms with Crippen molar-refractivity contribution in [3.63, 3.8) is 0 Å². The molecule has 1 aromatic rings. The van der Waals surface area contributed by atoms with Crippen LogP contribution in [0.2, 0.25) is 5.02 Å². The van der Waals surface area contributed by atoms with Gasteiger partial charge in [0.15, 0.2) is 0 Å². The topological polar surface area (TPSA) is 92.5 Å². The molecule has 8 heteroatoms. The van der Waals surface area contributed by atoms with Gasteiger partial charge in [-0.1, -0.05) is 18.5 Å². The average molecular weight is 305 g/mol. The third-order valence-electron chi connectivity index (χ3n) is 2.79. The summed E-state index contributed by atoms with van der Waals surface area (Å²) in [6.45, 7) is 1.88. The number of halogens is 2. The number of aliphatic carboxylic acids is 1. The number of carbonyl (C=O) groups is 1. The van der Waals surface area contributed by atoms with Crippen molar-refractivity contribution in [2.75, 3.05) is 11.9 Å². The minimum absolute atomic E-state index is 0.0277. The summed E-state index contributed by atoms with van der Waals surface area (Å²) < 4.78 is 13.3. The van der Waals surface area contributed by atoms with Crippen LogP contribution >= 0.6 is 11.6 Å². The molecule has 0 spiro atoms. The monoisotopic (exact) mass is 304 g/mol. The Morgan fingerprint density at radius 2 is 2.25 bits per heavy atom. The van der Waals surface area contributed by atoms with Crippen LogP contribution in [0.1, 0.15) is 19.8 Å². The van der Waals surface area contributed by atoms with E-state index in [2.05, 4.69) is 5.32 Å². The van der Waals surface area contributed by atoms with Gasteiger partial charge in [0, 0.05) is 18.7 Å². The van der Waals surface area contributed by atoms with Crippen LogP contribution in [-0.4, -0.2) is 22.5 Å². The molecule has 1 unspecified atom stereocenters. The van der Waals surface area contributed by atoms with Crippen molar-refractivity contribution in [1.29, 1.82) is 0 Å². The van der Waals surface area contributed by atoms with E-state index < -0.39 is 22.6 Å². The maximum atomic E-state index is 13.3. The van der Waals surface area contributed by atoms with Gasteiger partial charge in [-0.2, -0.15) is 0 Å². The number of carboxylic acids is 1. The highest BCUT2D eigenvalue weighted by atomic mass is 35.5. The molecule has 2 N–H and O–H groups in total. The molecule has 0 aliphatic rings. The van der Waals surface area contributed by atoms with Gasteiger partial charge in [-0.3, -0.25) is 14.9 Å². The molecule has 20 heavy (non-hydrogen) atoms. The molecule has 0 aliphatic heterocycles. The molecule has 1 rings (SSSR count). The van der Waals surface area contributed by atoms with Crippen molar-refractivity contribution in [3.05, 3.63) is 33.1 Å². The van der Waals surface area contributed by atoms with Crippen LogP contribution in [0.5, 0.6) is 0 Å². The molecule has 1 aromatic carbocycles. The van der Waals surface area contributed by atoms with Gasteiger partial charge in [-0.25, -0.2) is 4.39 Å². The maximum Gasteiger partial charge on any atom is 0.306 e. The molecule has 0 saturated carbocycles. The maximum absolute atomic E-state index is 13.3. The van der Waals surface area contributed by atoms with Gasteiger partial charge < -0.3 is 10.4 Å². The first-order valence-electron chi connectivity index (χ1n) is 5.93. The fourth-order valence-electron chi connectivity index (χ4n) is 1.58. The lowest BCUT2D eigenvalue weighted by Crippen LogP contribution is -2.12.